The molecule has 0 saturated heterocycles. The Morgan fingerprint density at radius 2 is 2.15 bits per heavy atom. The summed E-state index contributed by atoms with van der Waals surface area (Å²) in [5, 5.41) is 0. The maximum atomic E-state index is 12.2. The number of nitrogens with zero attached hydrogens (tertiary/aromatic N) is 1. The molecule has 1 aromatic carbocycles. The van der Waals surface area contributed by atoms with Crippen molar-refractivity contribution in [1.82, 2.24) is 0 Å². The van der Waals surface area contributed by atoms with E-state index in [-0.39, 0.29) is 12.1 Å². The highest BCUT2D eigenvalue weighted by Crippen LogP contribution is 2.29. The van der Waals surface area contributed by atoms with Gasteiger partial charge >= 0.3 is 6.09 Å². The maximum Gasteiger partial charge on any atom is 0.415 e. The Balaban J connectivity index is 2.34. The first-order valence-electron chi connectivity index (χ1n) is 6.99. The number of amides is 1. The van der Waals surface area contributed by atoms with Crippen molar-refractivity contribution in [2.75, 3.05) is 11.5 Å². The number of rotatable bonds is 2. The number of carbonyl (C=O) groups excluding carboxylic acids is 1. The van der Waals surface area contributed by atoms with Crippen LogP contribution in [0.2, 0.25) is 0 Å². The zero-order valence-electron chi connectivity index (χ0n) is 11.9. The van der Waals surface area contributed by atoms with E-state index in [4.69, 9.17) is 4.74 Å². The first-order valence-corrected chi connectivity index (χ1v) is 6.99. The predicted molar refractivity (Wildman–Crippen MR) is 81.4 cm³/mol. The minimum Gasteiger partial charge on any atom is -0.449 e. The van der Waals surface area contributed by atoms with Gasteiger partial charge in [0.2, 0.25) is 0 Å². The third-order valence-electron chi connectivity index (χ3n) is 3.02. The molecule has 0 radical (unpaired) electrons. The number of hydrogen-bond acceptors (Lipinski definition) is 2. The van der Waals surface area contributed by atoms with Crippen molar-refractivity contribution in [3.63, 3.8) is 0 Å². The summed E-state index contributed by atoms with van der Waals surface area (Å²) in [5.41, 5.74) is 1.86. The van der Waals surface area contributed by atoms with Crippen LogP contribution < -0.4 is 4.90 Å². The van der Waals surface area contributed by atoms with Gasteiger partial charge in [-0.15, -0.1) is 5.92 Å². The topological polar surface area (TPSA) is 29.5 Å². The normalized spacial score (nSPS) is 16.1. The van der Waals surface area contributed by atoms with Gasteiger partial charge in [-0.25, -0.2) is 4.79 Å². The molecule has 3 heteroatoms. The number of ether oxygens (including phenoxy) is 1. The van der Waals surface area contributed by atoms with E-state index in [9.17, 15) is 4.79 Å². The number of hydrogen-bond donors (Lipinski definition) is 0. The van der Waals surface area contributed by atoms with Crippen LogP contribution in [0.5, 0.6) is 0 Å². The average molecular weight is 269 g/mol. The van der Waals surface area contributed by atoms with Crippen LogP contribution in [0, 0.1) is 11.8 Å². The second-order valence-electron chi connectivity index (χ2n) is 4.50. The monoisotopic (exact) mass is 269 g/mol. The summed E-state index contributed by atoms with van der Waals surface area (Å²) in [4.78, 5) is 13.8. The van der Waals surface area contributed by atoms with Crippen LogP contribution in [0.15, 0.2) is 30.3 Å². The molecule has 1 aliphatic rings. The number of anilines is 1. The Bertz CT molecular complexity index is 566. The molecule has 1 aliphatic heterocycles. The van der Waals surface area contributed by atoms with Crippen LogP contribution in [-0.4, -0.2) is 18.7 Å². The predicted octanol–water partition coefficient (Wildman–Crippen LogP) is 3.85. The smallest absolute Gasteiger partial charge is 0.415 e. The van der Waals surface area contributed by atoms with Gasteiger partial charge in [0.25, 0.3) is 0 Å². The summed E-state index contributed by atoms with van der Waals surface area (Å²) in [6.07, 6.45) is 5.46. The van der Waals surface area contributed by atoms with Crippen LogP contribution >= 0.6 is 0 Å². The molecule has 2 rings (SSSR count). The SMILES string of the molecule is CCCC#C[C@@H]1C=Cc2ccccc2N1C(=O)OCC. The molecule has 0 N–H and O–H groups in total. The van der Waals surface area contributed by atoms with E-state index in [2.05, 4.69) is 18.8 Å². The van der Waals surface area contributed by atoms with Gasteiger partial charge in [0.15, 0.2) is 0 Å². The summed E-state index contributed by atoms with van der Waals surface area (Å²) >= 11 is 0. The number of unbranched alkanes of at least 4 members (excludes halogenated alkanes) is 1. The molecule has 1 aromatic rings. The van der Waals surface area contributed by atoms with Gasteiger partial charge in [0, 0.05) is 6.42 Å². The molecule has 1 amide bonds. The number of fused-ring (bicyclic) bond motifs is 1. The molecule has 0 unspecified atom stereocenters. The van der Waals surface area contributed by atoms with E-state index < -0.39 is 0 Å². The van der Waals surface area contributed by atoms with Gasteiger partial charge in [-0.1, -0.05) is 37.1 Å². The first-order chi connectivity index (χ1) is 9.77. The molecule has 0 aromatic heterocycles. The lowest BCUT2D eigenvalue weighted by Crippen LogP contribution is -2.40. The van der Waals surface area contributed by atoms with Crippen molar-refractivity contribution in [2.24, 2.45) is 0 Å². The fourth-order valence-electron chi connectivity index (χ4n) is 2.10. The molecular formula is C17H19NO2. The third kappa shape index (κ3) is 3.03. The van der Waals surface area contributed by atoms with Gasteiger partial charge in [0.05, 0.1) is 12.3 Å². The largest absolute Gasteiger partial charge is 0.449 e. The van der Waals surface area contributed by atoms with Crippen LogP contribution in [0.3, 0.4) is 0 Å². The molecule has 0 aliphatic carbocycles. The Labute approximate surface area is 120 Å². The number of carbonyl (C=O) groups is 1. The zero-order valence-corrected chi connectivity index (χ0v) is 11.9. The highest BCUT2D eigenvalue weighted by molar-refractivity contribution is 5.94. The van der Waals surface area contributed by atoms with Crippen LogP contribution in [-0.2, 0) is 4.74 Å². The van der Waals surface area contributed by atoms with Crippen molar-refractivity contribution >= 4 is 17.9 Å². The second kappa shape index (κ2) is 6.81. The molecule has 0 fully saturated rings. The Morgan fingerprint density at radius 3 is 2.90 bits per heavy atom. The van der Waals surface area contributed by atoms with Gasteiger partial charge < -0.3 is 4.74 Å². The fourth-order valence-corrected chi connectivity index (χ4v) is 2.10. The third-order valence-corrected chi connectivity index (χ3v) is 3.02. The van der Waals surface area contributed by atoms with Crippen molar-refractivity contribution in [3.8, 4) is 11.8 Å². The molecule has 3 nitrogen and oxygen atoms in total. The quantitative estimate of drug-likeness (QED) is 0.763. The lowest BCUT2D eigenvalue weighted by Gasteiger charge is -2.30. The van der Waals surface area contributed by atoms with Crippen LogP contribution in [0.4, 0.5) is 10.5 Å². The first kappa shape index (κ1) is 14.2. The number of benzene rings is 1. The Kier molecular flexibility index (Phi) is 4.84. The number of para-hydroxylation sites is 1. The van der Waals surface area contributed by atoms with E-state index in [1.54, 1.807) is 11.8 Å². The van der Waals surface area contributed by atoms with Crippen LogP contribution in [0.25, 0.3) is 6.08 Å². The summed E-state index contributed by atoms with van der Waals surface area (Å²) < 4.78 is 5.16. The lowest BCUT2D eigenvalue weighted by molar-refractivity contribution is 0.159. The standard InChI is InChI=1S/C17H19NO2/c1-3-5-6-10-15-13-12-14-9-7-8-11-16(14)18(15)17(19)20-4-2/h7-9,11-13,15H,3-5H2,1-2H3/t15-/m1/s1. The summed E-state index contributed by atoms with van der Waals surface area (Å²) in [6.45, 7) is 4.25. The Morgan fingerprint density at radius 1 is 1.35 bits per heavy atom. The highest BCUT2D eigenvalue weighted by Gasteiger charge is 2.27. The molecular weight excluding hydrogens is 250 g/mol. The van der Waals surface area contributed by atoms with E-state index in [1.165, 1.54) is 0 Å². The summed E-state index contributed by atoms with van der Waals surface area (Å²) in [6, 6.07) is 7.52. The summed E-state index contributed by atoms with van der Waals surface area (Å²) in [7, 11) is 0. The van der Waals surface area contributed by atoms with Gasteiger partial charge in [0.1, 0.15) is 6.04 Å². The van der Waals surface area contributed by atoms with E-state index in [0.717, 1.165) is 24.1 Å². The van der Waals surface area contributed by atoms with E-state index in [1.807, 2.05) is 36.4 Å². The second-order valence-corrected chi connectivity index (χ2v) is 4.50. The van der Waals surface area contributed by atoms with Crippen molar-refractivity contribution < 1.29 is 9.53 Å². The highest BCUT2D eigenvalue weighted by atomic mass is 16.6. The zero-order chi connectivity index (χ0) is 14.4. The molecule has 0 bridgehead atoms. The van der Waals surface area contributed by atoms with E-state index >= 15 is 0 Å². The molecule has 1 atom stereocenters. The average Bonchev–Trinajstić information content (AvgIpc) is 2.47. The van der Waals surface area contributed by atoms with E-state index in [0.29, 0.717) is 6.61 Å². The minimum absolute atomic E-state index is 0.254. The van der Waals surface area contributed by atoms with Gasteiger partial charge in [-0.05, 0) is 31.1 Å². The van der Waals surface area contributed by atoms with Crippen molar-refractivity contribution in [1.29, 1.82) is 0 Å². The molecule has 1 heterocycles. The van der Waals surface area contributed by atoms with Crippen molar-refractivity contribution in [2.45, 2.75) is 32.7 Å². The van der Waals surface area contributed by atoms with Gasteiger partial charge in [-0.2, -0.15) is 0 Å². The molecule has 20 heavy (non-hydrogen) atoms. The lowest BCUT2D eigenvalue weighted by atomic mass is 10.0. The summed E-state index contributed by atoms with van der Waals surface area (Å²) in [5.74, 6) is 6.25. The molecule has 104 valence electrons. The Hall–Kier alpha value is -2.21. The molecule has 0 spiro atoms. The van der Waals surface area contributed by atoms with Crippen molar-refractivity contribution in [3.05, 3.63) is 35.9 Å². The maximum absolute atomic E-state index is 12.2. The fraction of sp³-hybridized carbons (Fsp3) is 0.353. The minimum atomic E-state index is -0.347. The van der Waals surface area contributed by atoms with Crippen LogP contribution in [0.1, 0.15) is 32.3 Å². The van der Waals surface area contributed by atoms with Gasteiger partial charge in [-0.3, -0.25) is 4.90 Å². The molecule has 0 saturated carbocycles.